The molecule has 1 heterocycles. The van der Waals surface area contributed by atoms with Gasteiger partial charge in [0.05, 0.1) is 13.3 Å². The lowest BCUT2D eigenvalue weighted by molar-refractivity contribution is 0.392. The molecule has 0 unspecified atom stereocenters. The lowest BCUT2D eigenvalue weighted by Crippen LogP contribution is -1.95. The number of nitrogens with zero attached hydrogens (tertiary/aromatic N) is 2. The zero-order valence-corrected chi connectivity index (χ0v) is 6.92. The van der Waals surface area contributed by atoms with Crippen molar-refractivity contribution in [1.29, 1.82) is 0 Å². The predicted molar refractivity (Wildman–Crippen MR) is 40.7 cm³/mol. The van der Waals surface area contributed by atoms with Crippen molar-refractivity contribution >= 4 is 21.7 Å². The molecule has 1 aromatic rings. The van der Waals surface area contributed by atoms with Gasteiger partial charge in [0.2, 0.25) is 5.88 Å². The smallest absolute Gasteiger partial charge is 0.247 e. The summed E-state index contributed by atoms with van der Waals surface area (Å²) in [6.07, 6.45) is 1.43. The minimum atomic E-state index is 0.368. The second-order valence-corrected chi connectivity index (χ2v) is 2.35. The van der Waals surface area contributed by atoms with Gasteiger partial charge in [0.25, 0.3) is 0 Å². The van der Waals surface area contributed by atoms with Crippen molar-refractivity contribution in [2.75, 3.05) is 12.8 Å². The van der Waals surface area contributed by atoms with Crippen LogP contribution in [0, 0.1) is 0 Å². The van der Waals surface area contributed by atoms with Gasteiger partial charge in [-0.2, -0.15) is 0 Å². The fraction of sp³-hybridized carbons (Fsp3) is 0.200. The van der Waals surface area contributed by atoms with Crippen molar-refractivity contribution in [1.82, 2.24) is 9.97 Å². The third-order valence-corrected chi connectivity index (χ3v) is 1.43. The Morgan fingerprint density at radius 3 is 2.90 bits per heavy atom. The molecule has 0 spiro atoms. The number of halogens is 1. The standard InChI is InChI=1S/C5H6BrN3O/c1-10-5-4(6)9-3(7)2-8-5/h2H,1H3,(H2,7,9). The third kappa shape index (κ3) is 1.36. The molecule has 0 radical (unpaired) electrons. The highest BCUT2D eigenvalue weighted by atomic mass is 79.9. The summed E-state index contributed by atoms with van der Waals surface area (Å²) in [5.41, 5.74) is 5.32. The molecule has 1 aromatic heterocycles. The zero-order valence-electron chi connectivity index (χ0n) is 5.34. The SMILES string of the molecule is COc1ncc(N)nc1Br. The van der Waals surface area contributed by atoms with Crippen LogP contribution in [-0.4, -0.2) is 17.1 Å². The number of hydrogen-bond donors (Lipinski definition) is 1. The molecule has 0 aliphatic heterocycles. The Morgan fingerprint density at radius 2 is 2.40 bits per heavy atom. The van der Waals surface area contributed by atoms with Crippen LogP contribution in [-0.2, 0) is 0 Å². The van der Waals surface area contributed by atoms with Crippen molar-refractivity contribution in [3.63, 3.8) is 0 Å². The molecule has 1 rings (SSSR count). The number of nitrogen functional groups attached to an aromatic ring is 1. The van der Waals surface area contributed by atoms with Crippen LogP contribution in [0.15, 0.2) is 10.8 Å². The van der Waals surface area contributed by atoms with Crippen molar-refractivity contribution in [2.24, 2.45) is 0 Å². The molecule has 0 aliphatic carbocycles. The Bertz CT molecular complexity index is 240. The summed E-state index contributed by atoms with van der Waals surface area (Å²) >= 11 is 3.13. The van der Waals surface area contributed by atoms with E-state index < -0.39 is 0 Å². The maximum atomic E-state index is 5.32. The molecule has 0 saturated carbocycles. The van der Waals surface area contributed by atoms with Gasteiger partial charge in [-0.3, -0.25) is 0 Å². The lowest BCUT2D eigenvalue weighted by atomic mass is 10.7. The summed E-state index contributed by atoms with van der Waals surface area (Å²) in [6.45, 7) is 0. The van der Waals surface area contributed by atoms with Crippen LogP contribution < -0.4 is 10.5 Å². The molecule has 0 fully saturated rings. The summed E-state index contributed by atoms with van der Waals surface area (Å²) in [5.74, 6) is 0.807. The van der Waals surface area contributed by atoms with Crippen LogP contribution in [0.3, 0.4) is 0 Å². The number of anilines is 1. The molecule has 0 aromatic carbocycles. The highest BCUT2D eigenvalue weighted by Gasteiger charge is 2.00. The van der Waals surface area contributed by atoms with E-state index >= 15 is 0 Å². The van der Waals surface area contributed by atoms with Crippen molar-refractivity contribution < 1.29 is 4.74 Å². The summed E-state index contributed by atoms with van der Waals surface area (Å²) in [5, 5.41) is 0. The molecule has 2 N–H and O–H groups in total. The van der Waals surface area contributed by atoms with Gasteiger partial charge in [0.15, 0.2) is 4.60 Å². The Morgan fingerprint density at radius 1 is 1.70 bits per heavy atom. The van der Waals surface area contributed by atoms with Gasteiger partial charge < -0.3 is 10.5 Å². The Labute approximate surface area is 66.6 Å². The van der Waals surface area contributed by atoms with Gasteiger partial charge in [-0.05, 0) is 15.9 Å². The minimum Gasteiger partial charge on any atom is -0.479 e. The average molecular weight is 204 g/mol. The summed E-state index contributed by atoms with van der Waals surface area (Å²) in [7, 11) is 1.52. The fourth-order valence-electron chi connectivity index (χ4n) is 0.505. The highest BCUT2D eigenvalue weighted by molar-refractivity contribution is 9.10. The van der Waals surface area contributed by atoms with E-state index in [1.165, 1.54) is 13.3 Å². The molecule has 54 valence electrons. The molecule has 0 atom stereocenters. The Hall–Kier alpha value is -0.840. The number of nitrogens with two attached hydrogens (primary N) is 1. The molecule has 0 aliphatic rings. The number of methoxy groups -OCH3 is 1. The van der Waals surface area contributed by atoms with Crippen LogP contribution in [0.2, 0.25) is 0 Å². The molecular weight excluding hydrogens is 198 g/mol. The van der Waals surface area contributed by atoms with E-state index in [-0.39, 0.29) is 0 Å². The summed E-state index contributed by atoms with van der Waals surface area (Å²) in [4.78, 5) is 7.69. The van der Waals surface area contributed by atoms with Crippen LogP contribution in [0.5, 0.6) is 5.88 Å². The van der Waals surface area contributed by atoms with Crippen LogP contribution >= 0.6 is 15.9 Å². The van der Waals surface area contributed by atoms with Crippen LogP contribution in [0.25, 0.3) is 0 Å². The second-order valence-electron chi connectivity index (χ2n) is 1.59. The number of ether oxygens (including phenoxy) is 1. The lowest BCUT2D eigenvalue weighted by Gasteiger charge is -1.99. The maximum absolute atomic E-state index is 5.32. The number of hydrogen-bond acceptors (Lipinski definition) is 4. The number of rotatable bonds is 1. The predicted octanol–water partition coefficient (Wildman–Crippen LogP) is 0.830. The van der Waals surface area contributed by atoms with E-state index in [1.54, 1.807) is 0 Å². The molecule has 0 bridgehead atoms. The minimum absolute atomic E-state index is 0.368. The van der Waals surface area contributed by atoms with Crippen LogP contribution in [0.4, 0.5) is 5.82 Å². The van der Waals surface area contributed by atoms with Crippen molar-refractivity contribution in [3.05, 3.63) is 10.8 Å². The van der Waals surface area contributed by atoms with Gasteiger partial charge in [0, 0.05) is 0 Å². The first-order valence-electron chi connectivity index (χ1n) is 2.56. The van der Waals surface area contributed by atoms with Crippen molar-refractivity contribution in [2.45, 2.75) is 0 Å². The molecule has 5 heteroatoms. The quantitative estimate of drug-likeness (QED) is 0.735. The summed E-state index contributed by atoms with van der Waals surface area (Å²) < 4.78 is 5.35. The van der Waals surface area contributed by atoms with Crippen LogP contribution in [0.1, 0.15) is 0 Å². The second kappa shape index (κ2) is 2.83. The normalized spacial score (nSPS) is 9.40. The van der Waals surface area contributed by atoms with E-state index in [2.05, 4.69) is 25.9 Å². The maximum Gasteiger partial charge on any atom is 0.247 e. The molecule has 0 saturated heterocycles. The zero-order chi connectivity index (χ0) is 7.56. The first kappa shape index (κ1) is 7.27. The summed E-state index contributed by atoms with van der Waals surface area (Å²) in [6, 6.07) is 0. The topological polar surface area (TPSA) is 61.0 Å². The molecule has 4 nitrogen and oxygen atoms in total. The molecule has 10 heavy (non-hydrogen) atoms. The first-order chi connectivity index (χ1) is 4.74. The average Bonchev–Trinajstić information content (AvgIpc) is 1.88. The van der Waals surface area contributed by atoms with E-state index in [9.17, 15) is 0 Å². The van der Waals surface area contributed by atoms with E-state index in [0.717, 1.165) is 0 Å². The Balaban J connectivity index is 3.07. The molecule has 0 amide bonds. The highest BCUT2D eigenvalue weighted by Crippen LogP contribution is 2.18. The monoisotopic (exact) mass is 203 g/mol. The van der Waals surface area contributed by atoms with Gasteiger partial charge >= 0.3 is 0 Å². The largest absolute Gasteiger partial charge is 0.479 e. The van der Waals surface area contributed by atoms with Gasteiger partial charge in [-0.25, -0.2) is 9.97 Å². The van der Waals surface area contributed by atoms with E-state index in [1.807, 2.05) is 0 Å². The Kier molecular flexibility index (Phi) is 2.06. The number of aromatic nitrogens is 2. The third-order valence-electron chi connectivity index (χ3n) is 0.911. The van der Waals surface area contributed by atoms with Gasteiger partial charge in [-0.1, -0.05) is 0 Å². The van der Waals surface area contributed by atoms with E-state index in [4.69, 9.17) is 10.5 Å². The molecular formula is C5H6BrN3O. The first-order valence-corrected chi connectivity index (χ1v) is 3.35. The van der Waals surface area contributed by atoms with Crippen molar-refractivity contribution in [3.8, 4) is 5.88 Å². The fourth-order valence-corrected chi connectivity index (χ4v) is 0.974. The van der Waals surface area contributed by atoms with Gasteiger partial charge in [0.1, 0.15) is 5.82 Å². The van der Waals surface area contributed by atoms with Gasteiger partial charge in [-0.15, -0.1) is 0 Å². The van der Waals surface area contributed by atoms with E-state index in [0.29, 0.717) is 16.3 Å².